The molecule has 1 heterocycles. The van der Waals surface area contributed by atoms with Gasteiger partial charge in [-0.25, -0.2) is 9.59 Å². The number of cyclic esters (lactones) is 1. The molecule has 1 aromatic carbocycles. The number of hydrogen-bond donors (Lipinski definition) is 1. The lowest BCUT2D eigenvalue weighted by Gasteiger charge is -2.20. The maximum absolute atomic E-state index is 12.2. The van der Waals surface area contributed by atoms with Gasteiger partial charge in [-0.2, -0.15) is 0 Å². The second-order valence-electron chi connectivity index (χ2n) is 7.89. The summed E-state index contributed by atoms with van der Waals surface area (Å²) in [5.74, 6) is -0.277. The Morgan fingerprint density at radius 3 is 2.81 bits per heavy atom. The highest BCUT2D eigenvalue weighted by atomic mass is 16.6. The monoisotopic (exact) mass is 357 g/mol. The van der Waals surface area contributed by atoms with Crippen LogP contribution in [0.1, 0.15) is 80.5 Å². The Balaban J connectivity index is 1.62. The number of alkyl carbamates (subject to hydrolysis) is 1. The average molecular weight is 357 g/mol. The number of amides is 1. The van der Waals surface area contributed by atoms with Crippen LogP contribution in [0.5, 0.6) is 0 Å². The molecule has 0 radical (unpaired) electrons. The molecule has 26 heavy (non-hydrogen) atoms. The van der Waals surface area contributed by atoms with Crippen LogP contribution < -0.4 is 5.32 Å². The predicted molar refractivity (Wildman–Crippen MR) is 99.9 cm³/mol. The van der Waals surface area contributed by atoms with E-state index in [1.807, 2.05) is 32.9 Å². The third kappa shape index (κ3) is 4.45. The number of nitrogens with one attached hydrogen (secondary N) is 1. The summed E-state index contributed by atoms with van der Waals surface area (Å²) in [4.78, 5) is 24.0. The molecule has 0 saturated carbocycles. The van der Waals surface area contributed by atoms with Crippen molar-refractivity contribution in [1.29, 1.82) is 0 Å². The van der Waals surface area contributed by atoms with E-state index in [4.69, 9.17) is 9.47 Å². The van der Waals surface area contributed by atoms with E-state index in [-0.39, 0.29) is 12.1 Å². The van der Waals surface area contributed by atoms with Crippen molar-refractivity contribution in [3.05, 3.63) is 41.0 Å². The third-order valence-electron chi connectivity index (χ3n) is 4.61. The molecule has 0 bridgehead atoms. The van der Waals surface area contributed by atoms with E-state index in [1.165, 1.54) is 18.4 Å². The molecule has 0 fully saturated rings. The normalized spacial score (nSPS) is 19.4. The number of allylic oxidation sites excluding steroid dienone is 2. The fraction of sp³-hybridized carbons (Fsp3) is 0.524. The van der Waals surface area contributed by atoms with Gasteiger partial charge in [0.15, 0.2) is 0 Å². The van der Waals surface area contributed by atoms with Gasteiger partial charge in [-0.05, 0) is 63.7 Å². The Kier molecular flexibility index (Phi) is 5.35. The van der Waals surface area contributed by atoms with Gasteiger partial charge in [0.25, 0.3) is 0 Å². The van der Waals surface area contributed by atoms with Gasteiger partial charge in [0, 0.05) is 18.5 Å². The predicted octanol–water partition coefficient (Wildman–Crippen LogP) is 4.77. The summed E-state index contributed by atoms with van der Waals surface area (Å²) in [6.07, 6.45) is 6.64. The first-order valence-electron chi connectivity index (χ1n) is 9.35. The van der Waals surface area contributed by atoms with Crippen LogP contribution in [0.15, 0.2) is 24.3 Å². The van der Waals surface area contributed by atoms with E-state index in [1.54, 1.807) is 0 Å². The van der Waals surface area contributed by atoms with Crippen molar-refractivity contribution in [2.75, 3.05) is 6.54 Å². The molecule has 5 heteroatoms. The third-order valence-corrected chi connectivity index (χ3v) is 4.61. The number of hydrogen-bond acceptors (Lipinski definition) is 4. The fourth-order valence-electron chi connectivity index (χ4n) is 3.40. The zero-order valence-corrected chi connectivity index (χ0v) is 15.8. The maximum atomic E-state index is 12.2. The molecule has 0 aromatic heterocycles. The smallest absolute Gasteiger partial charge is 0.407 e. The van der Waals surface area contributed by atoms with E-state index < -0.39 is 11.7 Å². The van der Waals surface area contributed by atoms with E-state index in [2.05, 4.69) is 17.5 Å². The van der Waals surface area contributed by atoms with Gasteiger partial charge in [0.1, 0.15) is 11.7 Å². The van der Waals surface area contributed by atoms with Gasteiger partial charge in [-0.1, -0.05) is 18.2 Å². The quantitative estimate of drug-likeness (QED) is 0.788. The largest absolute Gasteiger partial charge is 0.454 e. The molecule has 1 aromatic rings. The van der Waals surface area contributed by atoms with E-state index in [0.29, 0.717) is 18.5 Å². The maximum Gasteiger partial charge on any atom is 0.407 e. The highest BCUT2D eigenvalue weighted by Gasteiger charge is 2.31. The summed E-state index contributed by atoms with van der Waals surface area (Å²) in [5, 5.41) is 2.71. The highest BCUT2D eigenvalue weighted by Crippen LogP contribution is 2.36. The molecule has 140 valence electrons. The Morgan fingerprint density at radius 1 is 1.31 bits per heavy atom. The van der Waals surface area contributed by atoms with E-state index in [0.717, 1.165) is 24.0 Å². The number of rotatable bonds is 4. The molecule has 1 N–H and O–H groups in total. The second-order valence-corrected chi connectivity index (χ2v) is 7.89. The first-order valence-corrected chi connectivity index (χ1v) is 9.35. The van der Waals surface area contributed by atoms with Crippen LogP contribution in [0.3, 0.4) is 0 Å². The lowest BCUT2D eigenvalue weighted by atomic mass is 9.91. The Morgan fingerprint density at radius 2 is 2.12 bits per heavy atom. The molecule has 3 rings (SSSR count). The summed E-state index contributed by atoms with van der Waals surface area (Å²) < 4.78 is 10.7. The second kappa shape index (κ2) is 7.52. The molecule has 1 aliphatic heterocycles. The lowest BCUT2D eigenvalue weighted by Crippen LogP contribution is -2.33. The Labute approximate surface area is 154 Å². The molecular weight excluding hydrogens is 330 g/mol. The number of ether oxygens (including phenoxy) is 2. The molecule has 0 saturated heterocycles. The van der Waals surface area contributed by atoms with Crippen LogP contribution in [0.2, 0.25) is 0 Å². The number of benzene rings is 1. The molecule has 1 aliphatic carbocycles. The van der Waals surface area contributed by atoms with Crippen molar-refractivity contribution in [3.63, 3.8) is 0 Å². The molecule has 0 spiro atoms. The minimum atomic E-state index is -0.527. The van der Waals surface area contributed by atoms with Crippen LogP contribution >= 0.6 is 0 Å². The van der Waals surface area contributed by atoms with Crippen molar-refractivity contribution in [3.8, 4) is 0 Å². The standard InChI is InChI=1S/C21H27NO4/c1-21(2,3)26-20(24)22-12-11-18-16-10-9-15(13-17(16)19(23)25-18)14-7-5-4-6-8-14/h7,9-10,13,18H,4-6,8,11-12H2,1-3H3,(H,22,24). The van der Waals surface area contributed by atoms with Crippen molar-refractivity contribution >= 4 is 17.6 Å². The average Bonchev–Trinajstić information content (AvgIpc) is 2.90. The van der Waals surface area contributed by atoms with Crippen LogP contribution in [-0.2, 0) is 9.47 Å². The zero-order chi connectivity index (χ0) is 18.7. The minimum absolute atomic E-state index is 0.277. The number of esters is 1. The number of carbonyl (C=O) groups is 2. The van der Waals surface area contributed by atoms with Crippen LogP contribution in [-0.4, -0.2) is 24.2 Å². The van der Waals surface area contributed by atoms with Crippen LogP contribution in [0.4, 0.5) is 4.79 Å². The summed E-state index contributed by atoms with van der Waals surface area (Å²) >= 11 is 0. The van der Waals surface area contributed by atoms with Crippen molar-refractivity contribution in [1.82, 2.24) is 5.32 Å². The molecule has 1 unspecified atom stereocenters. The van der Waals surface area contributed by atoms with Gasteiger partial charge >= 0.3 is 12.1 Å². The van der Waals surface area contributed by atoms with Crippen molar-refractivity contribution in [2.24, 2.45) is 0 Å². The molecule has 5 nitrogen and oxygen atoms in total. The van der Waals surface area contributed by atoms with Gasteiger partial charge in [0.2, 0.25) is 0 Å². The van der Waals surface area contributed by atoms with E-state index >= 15 is 0 Å². The van der Waals surface area contributed by atoms with Crippen molar-refractivity contribution < 1.29 is 19.1 Å². The topological polar surface area (TPSA) is 64.6 Å². The fourth-order valence-corrected chi connectivity index (χ4v) is 3.40. The summed E-state index contributed by atoms with van der Waals surface area (Å²) in [6.45, 7) is 5.85. The Bertz CT molecular complexity index is 730. The van der Waals surface area contributed by atoms with Gasteiger partial charge < -0.3 is 14.8 Å². The zero-order valence-electron chi connectivity index (χ0n) is 15.8. The van der Waals surface area contributed by atoms with Crippen molar-refractivity contribution in [2.45, 2.75) is 64.6 Å². The van der Waals surface area contributed by atoms with Crippen LogP contribution in [0, 0.1) is 0 Å². The lowest BCUT2D eigenvalue weighted by molar-refractivity contribution is 0.0359. The SMILES string of the molecule is CC(C)(C)OC(=O)NCCC1OC(=O)c2cc(C3=CCCCC3)ccc21. The molecule has 1 atom stereocenters. The first-order chi connectivity index (χ1) is 12.3. The minimum Gasteiger partial charge on any atom is -0.454 e. The first kappa shape index (κ1) is 18.5. The Hall–Kier alpha value is -2.30. The van der Waals surface area contributed by atoms with E-state index in [9.17, 15) is 9.59 Å². The number of fused-ring (bicyclic) bond motifs is 1. The van der Waals surface area contributed by atoms with Gasteiger partial charge in [0.05, 0.1) is 5.56 Å². The molecular formula is C21H27NO4. The van der Waals surface area contributed by atoms with Crippen LogP contribution in [0.25, 0.3) is 5.57 Å². The molecule has 2 aliphatic rings. The van der Waals surface area contributed by atoms with Gasteiger partial charge in [-0.3, -0.25) is 0 Å². The summed E-state index contributed by atoms with van der Waals surface area (Å²) in [7, 11) is 0. The van der Waals surface area contributed by atoms with Gasteiger partial charge in [-0.15, -0.1) is 0 Å². The summed E-state index contributed by atoms with van der Waals surface area (Å²) in [6, 6.07) is 6.02. The molecule has 1 amide bonds. The summed E-state index contributed by atoms with van der Waals surface area (Å²) in [5.41, 5.74) is 3.47. The number of carbonyl (C=O) groups excluding carboxylic acids is 2. The highest BCUT2D eigenvalue weighted by molar-refractivity contribution is 5.95.